The minimum absolute atomic E-state index is 0.263. The highest BCUT2D eigenvalue weighted by atomic mass is 19.1. The van der Waals surface area contributed by atoms with Gasteiger partial charge in [-0.25, -0.2) is 4.39 Å². The molecular formula is C22H15FN2O2. The van der Waals surface area contributed by atoms with Gasteiger partial charge in [-0.15, -0.1) is 0 Å². The number of aromatic nitrogens is 1. The molecule has 0 atom stereocenters. The van der Waals surface area contributed by atoms with Gasteiger partial charge in [-0.3, -0.25) is 9.59 Å². The van der Waals surface area contributed by atoms with E-state index in [4.69, 9.17) is 0 Å². The lowest BCUT2D eigenvalue weighted by molar-refractivity contribution is 0.0996. The van der Waals surface area contributed by atoms with Crippen LogP contribution in [0.2, 0.25) is 0 Å². The molecule has 4 aromatic rings. The first-order valence-electron chi connectivity index (χ1n) is 8.40. The second kappa shape index (κ2) is 6.88. The SMILES string of the molecule is O=C(Nc1cccc2[nH]ccc12)c1ccccc1C(=O)c1ccc(F)cc1. The van der Waals surface area contributed by atoms with Crippen LogP contribution in [0, 0.1) is 5.82 Å². The van der Waals surface area contributed by atoms with E-state index < -0.39 is 5.82 Å². The highest BCUT2D eigenvalue weighted by Gasteiger charge is 2.18. The minimum atomic E-state index is -0.419. The lowest BCUT2D eigenvalue weighted by atomic mass is 9.98. The molecule has 0 spiro atoms. The van der Waals surface area contributed by atoms with Gasteiger partial charge in [0.1, 0.15) is 5.82 Å². The summed E-state index contributed by atoms with van der Waals surface area (Å²) in [6.45, 7) is 0. The van der Waals surface area contributed by atoms with Gasteiger partial charge in [-0.1, -0.05) is 24.3 Å². The highest BCUT2D eigenvalue weighted by Crippen LogP contribution is 2.24. The van der Waals surface area contributed by atoms with Crippen LogP contribution < -0.4 is 5.32 Å². The predicted octanol–water partition coefficient (Wildman–Crippen LogP) is 4.79. The molecule has 0 aliphatic heterocycles. The molecule has 0 unspecified atom stereocenters. The van der Waals surface area contributed by atoms with Crippen LogP contribution in [0.1, 0.15) is 26.3 Å². The fourth-order valence-corrected chi connectivity index (χ4v) is 3.02. The van der Waals surface area contributed by atoms with E-state index in [9.17, 15) is 14.0 Å². The molecule has 4 rings (SSSR count). The number of anilines is 1. The van der Waals surface area contributed by atoms with E-state index in [1.807, 2.05) is 18.2 Å². The smallest absolute Gasteiger partial charge is 0.256 e. The van der Waals surface area contributed by atoms with Crippen molar-refractivity contribution in [3.63, 3.8) is 0 Å². The molecule has 5 heteroatoms. The molecule has 0 saturated heterocycles. The molecule has 0 radical (unpaired) electrons. The van der Waals surface area contributed by atoms with E-state index in [1.54, 1.807) is 36.5 Å². The molecule has 27 heavy (non-hydrogen) atoms. The average Bonchev–Trinajstić information content (AvgIpc) is 3.18. The maximum atomic E-state index is 13.1. The van der Waals surface area contributed by atoms with Crippen molar-refractivity contribution in [1.82, 2.24) is 4.98 Å². The third kappa shape index (κ3) is 3.22. The Morgan fingerprint density at radius 1 is 0.815 bits per heavy atom. The number of aromatic amines is 1. The zero-order valence-corrected chi connectivity index (χ0v) is 14.2. The fourth-order valence-electron chi connectivity index (χ4n) is 3.02. The predicted molar refractivity (Wildman–Crippen MR) is 103 cm³/mol. The molecule has 1 amide bonds. The number of hydrogen-bond donors (Lipinski definition) is 2. The number of hydrogen-bond acceptors (Lipinski definition) is 2. The van der Waals surface area contributed by atoms with Crippen molar-refractivity contribution >= 4 is 28.3 Å². The Hall–Kier alpha value is -3.73. The van der Waals surface area contributed by atoms with Crippen molar-refractivity contribution in [3.05, 3.63) is 102 Å². The summed E-state index contributed by atoms with van der Waals surface area (Å²) in [6.07, 6.45) is 1.80. The van der Waals surface area contributed by atoms with Crippen molar-refractivity contribution in [2.24, 2.45) is 0 Å². The lowest BCUT2D eigenvalue weighted by Gasteiger charge is -2.10. The first-order valence-corrected chi connectivity index (χ1v) is 8.40. The summed E-state index contributed by atoms with van der Waals surface area (Å²) in [4.78, 5) is 28.7. The molecule has 0 aliphatic carbocycles. The number of benzene rings is 3. The topological polar surface area (TPSA) is 62.0 Å². The monoisotopic (exact) mass is 358 g/mol. The Morgan fingerprint density at radius 2 is 1.56 bits per heavy atom. The van der Waals surface area contributed by atoms with Gasteiger partial charge >= 0.3 is 0 Å². The van der Waals surface area contributed by atoms with Crippen molar-refractivity contribution in [2.45, 2.75) is 0 Å². The summed E-state index contributed by atoms with van der Waals surface area (Å²) in [5, 5.41) is 3.75. The first-order chi connectivity index (χ1) is 13.1. The normalized spacial score (nSPS) is 10.7. The summed E-state index contributed by atoms with van der Waals surface area (Å²) in [6, 6.07) is 19.3. The average molecular weight is 358 g/mol. The van der Waals surface area contributed by atoms with Crippen LogP contribution in [-0.4, -0.2) is 16.7 Å². The molecular weight excluding hydrogens is 343 g/mol. The number of amides is 1. The fraction of sp³-hybridized carbons (Fsp3) is 0. The second-order valence-electron chi connectivity index (χ2n) is 6.08. The Kier molecular flexibility index (Phi) is 4.26. The zero-order chi connectivity index (χ0) is 18.8. The van der Waals surface area contributed by atoms with E-state index >= 15 is 0 Å². The third-order valence-electron chi connectivity index (χ3n) is 4.37. The van der Waals surface area contributed by atoms with Crippen LogP contribution in [0.4, 0.5) is 10.1 Å². The number of ketones is 1. The number of carbonyl (C=O) groups is 2. The number of fused-ring (bicyclic) bond motifs is 1. The second-order valence-corrected chi connectivity index (χ2v) is 6.08. The summed E-state index contributed by atoms with van der Waals surface area (Å²) < 4.78 is 13.1. The number of H-pyrrole nitrogens is 1. The van der Waals surface area contributed by atoms with Gasteiger partial charge in [0.25, 0.3) is 5.91 Å². The quantitative estimate of drug-likeness (QED) is 0.515. The van der Waals surface area contributed by atoms with Crippen molar-refractivity contribution in [2.75, 3.05) is 5.32 Å². The van der Waals surface area contributed by atoms with Gasteiger partial charge in [0.05, 0.1) is 11.3 Å². The molecule has 1 heterocycles. The molecule has 2 N–H and O–H groups in total. The molecule has 0 bridgehead atoms. The molecule has 0 aliphatic rings. The standard InChI is InChI=1S/C22H15FN2O2/c23-15-10-8-14(9-11-15)21(26)16-4-1-2-5-17(16)22(27)25-20-7-3-6-19-18(20)12-13-24-19/h1-13,24H,(H,25,27). The van der Waals surface area contributed by atoms with E-state index in [0.29, 0.717) is 11.3 Å². The van der Waals surface area contributed by atoms with Crippen molar-refractivity contribution in [1.29, 1.82) is 0 Å². The van der Waals surface area contributed by atoms with E-state index in [1.165, 1.54) is 24.3 Å². The number of carbonyl (C=O) groups excluding carboxylic acids is 2. The zero-order valence-electron chi connectivity index (χ0n) is 14.2. The summed E-state index contributed by atoms with van der Waals surface area (Å²) >= 11 is 0. The van der Waals surface area contributed by atoms with Crippen LogP contribution in [0.15, 0.2) is 79.0 Å². The lowest BCUT2D eigenvalue weighted by Crippen LogP contribution is -2.17. The Bertz CT molecular complexity index is 1150. The van der Waals surface area contributed by atoms with Gasteiger partial charge in [0.15, 0.2) is 5.78 Å². The molecule has 0 fully saturated rings. The van der Waals surface area contributed by atoms with Crippen LogP contribution in [-0.2, 0) is 0 Å². The maximum Gasteiger partial charge on any atom is 0.256 e. The Labute approximate surface area is 154 Å². The van der Waals surface area contributed by atoms with Crippen LogP contribution in [0.3, 0.4) is 0 Å². The Balaban J connectivity index is 1.68. The van der Waals surface area contributed by atoms with Gasteiger partial charge in [-0.05, 0) is 48.5 Å². The molecule has 3 aromatic carbocycles. The highest BCUT2D eigenvalue weighted by molar-refractivity contribution is 6.18. The van der Waals surface area contributed by atoms with Crippen molar-refractivity contribution in [3.8, 4) is 0 Å². The van der Waals surface area contributed by atoms with Gasteiger partial charge in [0, 0.05) is 28.2 Å². The van der Waals surface area contributed by atoms with E-state index in [2.05, 4.69) is 10.3 Å². The van der Waals surface area contributed by atoms with Gasteiger partial charge in [0.2, 0.25) is 0 Å². The van der Waals surface area contributed by atoms with E-state index in [0.717, 1.165) is 10.9 Å². The van der Waals surface area contributed by atoms with Crippen LogP contribution in [0.25, 0.3) is 10.9 Å². The summed E-state index contributed by atoms with van der Waals surface area (Å²) in [5.74, 6) is -1.13. The summed E-state index contributed by atoms with van der Waals surface area (Å²) in [7, 11) is 0. The number of nitrogens with one attached hydrogen (secondary N) is 2. The maximum absolute atomic E-state index is 13.1. The first kappa shape index (κ1) is 16.7. The van der Waals surface area contributed by atoms with Crippen LogP contribution in [0.5, 0.6) is 0 Å². The minimum Gasteiger partial charge on any atom is -0.361 e. The summed E-state index contributed by atoms with van der Waals surface area (Å²) in [5.41, 5.74) is 2.41. The van der Waals surface area contributed by atoms with E-state index in [-0.39, 0.29) is 22.8 Å². The Morgan fingerprint density at radius 3 is 2.33 bits per heavy atom. The molecule has 132 valence electrons. The molecule has 4 nitrogen and oxygen atoms in total. The van der Waals surface area contributed by atoms with Crippen LogP contribution >= 0.6 is 0 Å². The molecule has 1 aromatic heterocycles. The largest absolute Gasteiger partial charge is 0.361 e. The number of halogens is 1. The number of rotatable bonds is 4. The third-order valence-corrected chi connectivity index (χ3v) is 4.37. The van der Waals surface area contributed by atoms with Crippen molar-refractivity contribution < 1.29 is 14.0 Å². The molecule has 0 saturated carbocycles. The van der Waals surface area contributed by atoms with Gasteiger partial charge < -0.3 is 10.3 Å². The van der Waals surface area contributed by atoms with Gasteiger partial charge in [-0.2, -0.15) is 0 Å².